The highest BCUT2D eigenvalue weighted by molar-refractivity contribution is 7.92. The summed E-state index contributed by atoms with van der Waals surface area (Å²) >= 11 is 0. The number of halogens is 4. The summed E-state index contributed by atoms with van der Waals surface area (Å²) < 4.78 is 81.4. The number of para-hydroxylation sites is 1. The van der Waals surface area contributed by atoms with E-state index in [0.29, 0.717) is 37.1 Å². The zero-order valence-electron chi connectivity index (χ0n) is 26.1. The van der Waals surface area contributed by atoms with E-state index in [1.54, 1.807) is 0 Å². The van der Waals surface area contributed by atoms with Crippen molar-refractivity contribution in [1.82, 2.24) is 4.90 Å². The predicted molar refractivity (Wildman–Crippen MR) is 172 cm³/mol. The van der Waals surface area contributed by atoms with Crippen LogP contribution in [0.5, 0.6) is 0 Å². The number of Topliss-reactive ketones (excluding diaryl/α,β-unsaturated/α-hetero) is 1. The minimum Gasteiger partial charge on any atom is -0.380 e. The second-order valence-electron chi connectivity index (χ2n) is 11.8. The minimum atomic E-state index is -3.76. The zero-order chi connectivity index (χ0) is 33.0. The van der Waals surface area contributed by atoms with Crippen LogP contribution >= 0.6 is 0 Å². The molecule has 0 heterocycles. The average Bonchev–Trinajstić information content (AvgIpc) is 2.94. The lowest BCUT2D eigenvalue weighted by Gasteiger charge is -2.26. The second kappa shape index (κ2) is 17.1. The SMILES string of the molecule is C/C=C/N(C)C[C@@H](CCS(=O)(=O)CC(=O)CC[C@@H](Cc1cc(F)cc(F)c1)CN(C)c1ccccc1)Cc1cc(F)cc(F)c1. The first-order valence-corrected chi connectivity index (χ1v) is 16.8. The summed E-state index contributed by atoms with van der Waals surface area (Å²) in [6, 6.07) is 16.2. The molecule has 0 saturated carbocycles. The van der Waals surface area contributed by atoms with Crippen LogP contribution in [0.15, 0.2) is 79.0 Å². The summed E-state index contributed by atoms with van der Waals surface area (Å²) in [7, 11) is -0.0341. The molecule has 0 aliphatic rings. The number of benzene rings is 3. The van der Waals surface area contributed by atoms with Crippen molar-refractivity contribution in [2.24, 2.45) is 11.8 Å². The van der Waals surface area contributed by atoms with Gasteiger partial charge in [0.05, 0.1) is 5.75 Å². The summed E-state index contributed by atoms with van der Waals surface area (Å²) in [4.78, 5) is 16.8. The number of carbonyl (C=O) groups is 1. The van der Waals surface area contributed by atoms with E-state index in [4.69, 9.17) is 0 Å². The molecule has 2 atom stereocenters. The number of ketones is 1. The average molecular weight is 647 g/mol. The predicted octanol–water partition coefficient (Wildman–Crippen LogP) is 7.02. The summed E-state index contributed by atoms with van der Waals surface area (Å²) in [6.07, 6.45) is 4.81. The topological polar surface area (TPSA) is 57.7 Å². The first-order valence-electron chi connectivity index (χ1n) is 15.0. The van der Waals surface area contributed by atoms with E-state index in [1.165, 1.54) is 24.3 Å². The van der Waals surface area contributed by atoms with Crippen LogP contribution in [0.25, 0.3) is 0 Å². The van der Waals surface area contributed by atoms with Gasteiger partial charge in [-0.3, -0.25) is 4.79 Å². The molecule has 0 aliphatic heterocycles. The number of sulfone groups is 1. The quantitative estimate of drug-likeness (QED) is 0.139. The van der Waals surface area contributed by atoms with Crippen molar-refractivity contribution in [2.75, 3.05) is 43.6 Å². The fraction of sp³-hybridized carbons (Fsp3) is 0.400. The molecule has 0 bridgehead atoms. The Morgan fingerprint density at radius 3 is 1.80 bits per heavy atom. The number of hydrogen-bond acceptors (Lipinski definition) is 5. The van der Waals surface area contributed by atoms with Gasteiger partial charge in [0.1, 0.15) is 34.8 Å². The molecule has 45 heavy (non-hydrogen) atoms. The van der Waals surface area contributed by atoms with Gasteiger partial charge in [0, 0.05) is 51.4 Å². The molecule has 0 aromatic heterocycles. The van der Waals surface area contributed by atoms with Gasteiger partial charge in [-0.25, -0.2) is 26.0 Å². The van der Waals surface area contributed by atoms with Gasteiger partial charge in [0.2, 0.25) is 0 Å². The lowest BCUT2D eigenvalue weighted by Crippen LogP contribution is -2.28. The Labute approximate surface area is 264 Å². The van der Waals surface area contributed by atoms with E-state index >= 15 is 0 Å². The third-order valence-electron chi connectivity index (χ3n) is 7.62. The number of hydrogen-bond donors (Lipinski definition) is 0. The molecule has 3 aromatic carbocycles. The minimum absolute atomic E-state index is 0.000352. The molecule has 0 spiro atoms. The second-order valence-corrected chi connectivity index (χ2v) is 14.0. The Morgan fingerprint density at radius 2 is 1.29 bits per heavy atom. The van der Waals surface area contributed by atoms with Gasteiger partial charge in [-0.2, -0.15) is 0 Å². The largest absolute Gasteiger partial charge is 0.380 e. The van der Waals surface area contributed by atoms with Gasteiger partial charge in [-0.15, -0.1) is 0 Å². The molecule has 5 nitrogen and oxygen atoms in total. The maximum atomic E-state index is 13.9. The van der Waals surface area contributed by atoms with Gasteiger partial charge >= 0.3 is 0 Å². The first kappa shape index (κ1) is 35.8. The van der Waals surface area contributed by atoms with E-state index < -0.39 is 44.6 Å². The highest BCUT2D eigenvalue weighted by Gasteiger charge is 2.23. The van der Waals surface area contributed by atoms with Crippen LogP contribution in [0.1, 0.15) is 37.3 Å². The molecule has 0 aliphatic carbocycles. The Hall–Kier alpha value is -3.66. The normalized spacial score (nSPS) is 13.1. The lowest BCUT2D eigenvalue weighted by atomic mass is 9.93. The molecule has 0 unspecified atom stereocenters. The molecular formula is C35H42F4N2O3S. The van der Waals surface area contributed by atoms with Gasteiger partial charge in [0.25, 0.3) is 0 Å². The van der Waals surface area contributed by atoms with Crippen molar-refractivity contribution in [2.45, 2.75) is 39.0 Å². The van der Waals surface area contributed by atoms with Crippen LogP contribution in [0.2, 0.25) is 0 Å². The van der Waals surface area contributed by atoms with Crippen LogP contribution in [0, 0.1) is 35.1 Å². The number of rotatable bonds is 18. The van der Waals surface area contributed by atoms with Crippen molar-refractivity contribution < 1.29 is 30.8 Å². The van der Waals surface area contributed by atoms with Crippen molar-refractivity contribution in [1.29, 1.82) is 0 Å². The van der Waals surface area contributed by atoms with Crippen LogP contribution in [0.3, 0.4) is 0 Å². The molecule has 0 N–H and O–H groups in total. The van der Waals surface area contributed by atoms with E-state index in [-0.39, 0.29) is 36.9 Å². The van der Waals surface area contributed by atoms with Crippen molar-refractivity contribution in [3.63, 3.8) is 0 Å². The molecule has 0 amide bonds. The first-order chi connectivity index (χ1) is 21.3. The highest BCUT2D eigenvalue weighted by Crippen LogP contribution is 2.22. The molecule has 3 aromatic rings. The summed E-state index contributed by atoms with van der Waals surface area (Å²) in [5, 5.41) is 0. The molecule has 0 saturated heterocycles. The Balaban J connectivity index is 1.64. The fourth-order valence-corrected chi connectivity index (χ4v) is 7.11. The van der Waals surface area contributed by atoms with E-state index in [0.717, 1.165) is 17.8 Å². The Kier molecular flexibility index (Phi) is 13.6. The van der Waals surface area contributed by atoms with Gasteiger partial charge < -0.3 is 9.80 Å². The van der Waals surface area contributed by atoms with Gasteiger partial charge in [-0.1, -0.05) is 24.3 Å². The zero-order valence-corrected chi connectivity index (χ0v) is 26.9. The Bertz CT molecular complexity index is 1490. The monoisotopic (exact) mass is 646 g/mol. The van der Waals surface area contributed by atoms with Crippen molar-refractivity contribution in [3.05, 3.63) is 113 Å². The number of anilines is 1. The molecule has 244 valence electrons. The molecule has 10 heteroatoms. The van der Waals surface area contributed by atoms with Crippen LogP contribution in [-0.4, -0.2) is 57.8 Å². The third kappa shape index (κ3) is 13.1. The smallest absolute Gasteiger partial charge is 0.157 e. The molecule has 0 fully saturated rings. The third-order valence-corrected chi connectivity index (χ3v) is 9.24. The summed E-state index contributed by atoms with van der Waals surface area (Å²) in [5.41, 5.74) is 1.84. The fourth-order valence-electron chi connectivity index (χ4n) is 5.64. The van der Waals surface area contributed by atoms with Crippen molar-refractivity contribution >= 4 is 21.3 Å². The van der Waals surface area contributed by atoms with E-state index in [2.05, 4.69) is 0 Å². The molecular weight excluding hydrogens is 604 g/mol. The number of nitrogens with zero attached hydrogens (tertiary/aromatic N) is 2. The highest BCUT2D eigenvalue weighted by atomic mass is 32.2. The van der Waals surface area contributed by atoms with E-state index in [9.17, 15) is 30.8 Å². The maximum Gasteiger partial charge on any atom is 0.157 e. The van der Waals surface area contributed by atoms with Gasteiger partial charge in [0.15, 0.2) is 9.84 Å². The van der Waals surface area contributed by atoms with Crippen molar-refractivity contribution in [3.8, 4) is 0 Å². The van der Waals surface area contributed by atoms with Crippen LogP contribution in [-0.2, 0) is 27.5 Å². The number of allylic oxidation sites excluding steroid dienone is 1. The number of carbonyl (C=O) groups excluding carboxylic acids is 1. The molecule has 3 rings (SSSR count). The van der Waals surface area contributed by atoms with E-state index in [1.807, 2.05) is 73.4 Å². The van der Waals surface area contributed by atoms with Crippen LogP contribution < -0.4 is 4.90 Å². The van der Waals surface area contributed by atoms with Crippen LogP contribution in [0.4, 0.5) is 23.2 Å². The lowest BCUT2D eigenvalue weighted by molar-refractivity contribution is -0.116. The van der Waals surface area contributed by atoms with Gasteiger partial charge in [-0.05, 0) is 98.2 Å². The Morgan fingerprint density at radius 1 is 0.778 bits per heavy atom. The summed E-state index contributed by atoms with van der Waals surface area (Å²) in [6.45, 7) is 2.80. The maximum absolute atomic E-state index is 13.9. The standard InChI is InChI=1S/C35H42F4N2O3S/c1-4-13-40(2)23-27(16-29-19-32(38)22-33(39)20-29)12-14-45(43,44)25-35(42)11-10-26(15-28-17-30(36)21-31(37)18-28)24-41(3)34-8-6-5-7-9-34/h4-9,13,17-22,26-27H,10-12,14-16,23-25H2,1-3H3/b13-4+/t26-,27-/m0/s1. The molecule has 0 radical (unpaired) electrons. The summed E-state index contributed by atoms with van der Waals surface area (Å²) in [5.74, 6) is -4.45.